The first-order valence-electron chi connectivity index (χ1n) is 6.34. The highest BCUT2D eigenvalue weighted by Gasteiger charge is 2.20. The number of carbonyl (C=O) groups is 1. The summed E-state index contributed by atoms with van der Waals surface area (Å²) < 4.78 is 25.9. The second-order valence-electron chi connectivity index (χ2n) is 4.29. The molecule has 0 radical (unpaired) electrons. The van der Waals surface area contributed by atoms with Crippen LogP contribution in [0.4, 0.5) is 0 Å². The maximum absolute atomic E-state index is 12.3. The lowest BCUT2D eigenvalue weighted by Gasteiger charge is -2.18. The monoisotopic (exact) mass is 297 g/mol. The van der Waals surface area contributed by atoms with E-state index < -0.39 is 16.0 Å². The van der Waals surface area contributed by atoms with Crippen LogP contribution in [0, 0.1) is 0 Å². The molecule has 1 aromatic rings. The van der Waals surface area contributed by atoms with Gasteiger partial charge >= 0.3 is 5.97 Å². The Kier molecular flexibility index (Phi) is 5.47. The number of benzene rings is 1. The Labute approximate surface area is 119 Å². The topological polar surface area (TPSA) is 74.7 Å². The molecular weight excluding hydrogens is 278 g/mol. The summed E-state index contributed by atoms with van der Waals surface area (Å²) in [6.07, 6.45) is 1.50. The molecule has 1 aromatic carbocycles. The molecule has 6 heteroatoms. The van der Waals surface area contributed by atoms with Gasteiger partial charge in [0.25, 0.3) is 0 Å². The highest BCUT2D eigenvalue weighted by molar-refractivity contribution is 7.89. The van der Waals surface area contributed by atoms with Gasteiger partial charge in [0.05, 0.1) is 4.90 Å². The van der Waals surface area contributed by atoms with Crippen molar-refractivity contribution in [3.8, 4) is 0 Å². The van der Waals surface area contributed by atoms with E-state index in [0.29, 0.717) is 18.7 Å². The average Bonchev–Trinajstić information content (AvgIpc) is 2.40. The van der Waals surface area contributed by atoms with Gasteiger partial charge < -0.3 is 5.11 Å². The van der Waals surface area contributed by atoms with Crippen LogP contribution < -0.4 is 0 Å². The number of carboxylic acid groups (broad SMARTS) is 1. The van der Waals surface area contributed by atoms with Crippen molar-refractivity contribution in [3.05, 3.63) is 35.4 Å². The van der Waals surface area contributed by atoms with Gasteiger partial charge in [-0.2, -0.15) is 4.31 Å². The largest absolute Gasteiger partial charge is 0.478 e. The van der Waals surface area contributed by atoms with Gasteiger partial charge in [-0.05, 0) is 30.7 Å². The lowest BCUT2D eigenvalue weighted by Crippen LogP contribution is -2.30. The SMILES string of the molecule is CCN(CC)S(=O)(=O)c1ccc(C=C(C)C(=O)O)cc1. The zero-order chi connectivity index (χ0) is 15.3. The van der Waals surface area contributed by atoms with Crippen LogP contribution in [0.25, 0.3) is 6.08 Å². The minimum atomic E-state index is -3.47. The van der Waals surface area contributed by atoms with Crippen LogP contribution in [0.3, 0.4) is 0 Å². The van der Waals surface area contributed by atoms with E-state index in [0.717, 1.165) is 0 Å². The van der Waals surface area contributed by atoms with E-state index in [2.05, 4.69) is 0 Å². The lowest BCUT2D eigenvalue weighted by molar-refractivity contribution is -0.132. The molecule has 0 aliphatic carbocycles. The molecule has 0 unspecified atom stereocenters. The molecule has 1 N–H and O–H groups in total. The Morgan fingerprint density at radius 2 is 1.70 bits per heavy atom. The molecule has 0 fully saturated rings. The maximum atomic E-state index is 12.3. The number of hydrogen-bond donors (Lipinski definition) is 1. The van der Waals surface area contributed by atoms with Crippen molar-refractivity contribution in [2.24, 2.45) is 0 Å². The fourth-order valence-electron chi connectivity index (χ4n) is 1.76. The number of hydrogen-bond acceptors (Lipinski definition) is 3. The van der Waals surface area contributed by atoms with Gasteiger partial charge in [0.1, 0.15) is 0 Å². The molecule has 0 spiro atoms. The smallest absolute Gasteiger partial charge is 0.331 e. The molecule has 0 aliphatic heterocycles. The molecule has 0 amide bonds. The minimum Gasteiger partial charge on any atom is -0.478 e. The van der Waals surface area contributed by atoms with Crippen molar-refractivity contribution in [3.63, 3.8) is 0 Å². The third-order valence-corrected chi connectivity index (χ3v) is 5.01. The molecule has 0 saturated heterocycles. The van der Waals surface area contributed by atoms with Gasteiger partial charge in [0.15, 0.2) is 0 Å². The molecule has 0 heterocycles. The predicted molar refractivity (Wildman–Crippen MR) is 77.8 cm³/mol. The van der Waals surface area contributed by atoms with Gasteiger partial charge in [-0.1, -0.05) is 26.0 Å². The molecule has 0 saturated carbocycles. The van der Waals surface area contributed by atoms with Crippen LogP contribution in [0.2, 0.25) is 0 Å². The van der Waals surface area contributed by atoms with Crippen molar-refractivity contribution in [1.82, 2.24) is 4.31 Å². The third-order valence-electron chi connectivity index (χ3n) is 2.94. The molecule has 0 aromatic heterocycles. The Hall–Kier alpha value is -1.66. The van der Waals surface area contributed by atoms with Crippen molar-refractivity contribution in [1.29, 1.82) is 0 Å². The first kappa shape index (κ1) is 16.4. The summed E-state index contributed by atoms with van der Waals surface area (Å²) in [5.74, 6) is -0.996. The molecule has 5 nitrogen and oxygen atoms in total. The molecule has 0 aliphatic rings. The summed E-state index contributed by atoms with van der Waals surface area (Å²) in [6, 6.07) is 6.19. The standard InChI is InChI=1S/C14H19NO4S/c1-4-15(5-2)20(18,19)13-8-6-12(7-9-13)10-11(3)14(16)17/h6-10H,4-5H2,1-3H3,(H,16,17). The van der Waals surface area contributed by atoms with Crippen molar-refractivity contribution in [2.45, 2.75) is 25.7 Å². The number of carboxylic acids is 1. The van der Waals surface area contributed by atoms with Crippen LogP contribution in [0.5, 0.6) is 0 Å². The Morgan fingerprint density at radius 3 is 2.10 bits per heavy atom. The number of nitrogens with zero attached hydrogens (tertiary/aromatic N) is 1. The molecule has 20 heavy (non-hydrogen) atoms. The lowest BCUT2D eigenvalue weighted by atomic mass is 10.1. The second kappa shape index (κ2) is 6.67. The average molecular weight is 297 g/mol. The van der Waals surface area contributed by atoms with Gasteiger partial charge in [0, 0.05) is 18.7 Å². The Balaban J connectivity index is 3.09. The summed E-state index contributed by atoms with van der Waals surface area (Å²) >= 11 is 0. The van der Waals surface area contributed by atoms with E-state index in [9.17, 15) is 13.2 Å². The van der Waals surface area contributed by atoms with Crippen LogP contribution in [0.1, 0.15) is 26.3 Å². The number of rotatable bonds is 6. The van der Waals surface area contributed by atoms with Crippen molar-refractivity contribution < 1.29 is 18.3 Å². The van der Waals surface area contributed by atoms with Gasteiger partial charge in [-0.25, -0.2) is 13.2 Å². The predicted octanol–water partition coefficient (Wildman–Crippen LogP) is 2.21. The van der Waals surface area contributed by atoms with Gasteiger partial charge in [-0.15, -0.1) is 0 Å². The zero-order valence-electron chi connectivity index (χ0n) is 11.8. The fourth-order valence-corrected chi connectivity index (χ4v) is 3.22. The zero-order valence-corrected chi connectivity index (χ0v) is 12.6. The van der Waals surface area contributed by atoms with E-state index in [1.54, 1.807) is 26.0 Å². The first-order valence-corrected chi connectivity index (χ1v) is 7.78. The first-order chi connectivity index (χ1) is 9.32. The van der Waals surface area contributed by atoms with Crippen LogP contribution in [-0.4, -0.2) is 36.9 Å². The summed E-state index contributed by atoms with van der Waals surface area (Å²) in [5, 5.41) is 8.79. The summed E-state index contributed by atoms with van der Waals surface area (Å²) in [7, 11) is -3.47. The van der Waals surface area contributed by atoms with Crippen molar-refractivity contribution >= 4 is 22.1 Å². The molecular formula is C14H19NO4S. The van der Waals surface area contributed by atoms with E-state index >= 15 is 0 Å². The van der Waals surface area contributed by atoms with E-state index in [4.69, 9.17) is 5.11 Å². The fraction of sp³-hybridized carbons (Fsp3) is 0.357. The number of sulfonamides is 1. The Bertz CT molecular complexity index is 599. The summed E-state index contributed by atoms with van der Waals surface area (Å²) in [4.78, 5) is 10.9. The quantitative estimate of drug-likeness (QED) is 0.817. The maximum Gasteiger partial charge on any atom is 0.331 e. The van der Waals surface area contributed by atoms with Crippen LogP contribution in [0.15, 0.2) is 34.7 Å². The van der Waals surface area contributed by atoms with Gasteiger partial charge in [-0.3, -0.25) is 0 Å². The van der Waals surface area contributed by atoms with Gasteiger partial charge in [0.2, 0.25) is 10.0 Å². The molecule has 1 rings (SSSR count). The highest BCUT2D eigenvalue weighted by Crippen LogP contribution is 2.17. The number of aliphatic carboxylic acids is 1. The highest BCUT2D eigenvalue weighted by atomic mass is 32.2. The normalized spacial score (nSPS) is 12.7. The Morgan fingerprint density at radius 1 is 1.20 bits per heavy atom. The summed E-state index contributed by atoms with van der Waals surface area (Å²) in [5.41, 5.74) is 0.854. The van der Waals surface area contributed by atoms with E-state index in [-0.39, 0.29) is 10.5 Å². The second-order valence-corrected chi connectivity index (χ2v) is 6.23. The third kappa shape index (κ3) is 3.68. The van der Waals surface area contributed by atoms with E-state index in [1.807, 2.05) is 0 Å². The molecule has 0 bridgehead atoms. The van der Waals surface area contributed by atoms with Crippen LogP contribution >= 0.6 is 0 Å². The summed E-state index contributed by atoms with van der Waals surface area (Å²) in [6.45, 7) is 5.89. The minimum absolute atomic E-state index is 0.198. The van der Waals surface area contributed by atoms with Crippen molar-refractivity contribution in [2.75, 3.05) is 13.1 Å². The van der Waals surface area contributed by atoms with E-state index in [1.165, 1.54) is 29.4 Å². The molecule has 110 valence electrons. The molecule has 0 atom stereocenters. The van der Waals surface area contributed by atoms with Crippen LogP contribution in [-0.2, 0) is 14.8 Å².